The van der Waals surface area contributed by atoms with E-state index in [4.69, 9.17) is 20.9 Å². The third-order valence-electron chi connectivity index (χ3n) is 3.49. The average molecular weight is 384 g/mol. The van der Waals surface area contributed by atoms with Crippen molar-refractivity contribution in [3.63, 3.8) is 0 Å². The summed E-state index contributed by atoms with van der Waals surface area (Å²) in [6.07, 6.45) is 2.57. The van der Waals surface area contributed by atoms with Crippen LogP contribution in [0.2, 0.25) is 0 Å². The van der Waals surface area contributed by atoms with Crippen LogP contribution < -0.4 is 20.9 Å². The van der Waals surface area contributed by atoms with Crippen molar-refractivity contribution in [2.45, 2.75) is 0 Å². The highest BCUT2D eigenvalue weighted by Crippen LogP contribution is 2.28. The molecule has 2 aromatic rings. The largest absolute Gasteiger partial charge is 0.504 e. The van der Waals surface area contributed by atoms with E-state index in [0.29, 0.717) is 22.6 Å². The summed E-state index contributed by atoms with van der Waals surface area (Å²) in [6.45, 7) is 0. The molecule has 0 aromatic heterocycles. The van der Waals surface area contributed by atoms with Crippen molar-refractivity contribution in [3.8, 4) is 23.0 Å². The van der Waals surface area contributed by atoms with E-state index in [2.05, 4.69) is 20.4 Å². The van der Waals surface area contributed by atoms with Crippen LogP contribution in [0.1, 0.15) is 11.1 Å². The van der Waals surface area contributed by atoms with E-state index in [1.807, 2.05) is 0 Å². The number of methoxy groups -OCH3 is 2. The van der Waals surface area contributed by atoms with Crippen LogP contribution in [-0.2, 0) is 0 Å². The van der Waals surface area contributed by atoms with Crippen LogP contribution in [0.4, 0.5) is 0 Å². The smallest absolute Gasteiger partial charge is 0.190 e. The Kier molecular flexibility index (Phi) is 6.92. The maximum Gasteiger partial charge on any atom is 0.190 e. The molecule has 2 aromatic carbocycles. The van der Waals surface area contributed by atoms with Crippen LogP contribution in [0.3, 0.4) is 0 Å². The quantitative estimate of drug-likeness (QED) is 0.332. The summed E-state index contributed by atoms with van der Waals surface area (Å²) in [5.74, 6) is 0.101. The molecule has 0 saturated heterocycles. The first-order chi connectivity index (χ1) is 13.5. The van der Waals surface area contributed by atoms with Crippen molar-refractivity contribution in [2.75, 3.05) is 14.2 Å². The number of amidine groups is 2. The number of rotatable bonds is 6. The topological polar surface area (TPSA) is 160 Å². The molecule has 0 heterocycles. The molecule has 10 nitrogen and oxygen atoms in total. The fraction of sp³-hybridized carbons (Fsp3) is 0.111. The maximum absolute atomic E-state index is 9.95. The first-order valence-corrected chi connectivity index (χ1v) is 7.93. The number of para-hydroxylation sites is 2. The Labute approximate surface area is 161 Å². The lowest BCUT2D eigenvalue weighted by Gasteiger charge is -2.04. The molecule has 0 radical (unpaired) electrons. The molecule has 6 N–H and O–H groups in total. The minimum atomic E-state index is -0.175. The zero-order valence-corrected chi connectivity index (χ0v) is 15.3. The molecule has 28 heavy (non-hydrogen) atoms. The normalized spacial score (nSPS) is 12.6. The molecular weight excluding hydrogens is 364 g/mol. The number of nitrogens with zero attached hydrogens (tertiary/aromatic N) is 4. The van der Waals surface area contributed by atoms with E-state index in [1.54, 1.807) is 36.4 Å². The molecule has 0 atom stereocenters. The second-order valence-corrected chi connectivity index (χ2v) is 5.26. The summed E-state index contributed by atoms with van der Waals surface area (Å²) in [5.41, 5.74) is 12.1. The van der Waals surface area contributed by atoms with E-state index >= 15 is 0 Å². The maximum atomic E-state index is 9.95. The average Bonchev–Trinajstić information content (AvgIpc) is 2.70. The van der Waals surface area contributed by atoms with Gasteiger partial charge in [-0.15, -0.1) is 10.2 Å². The lowest BCUT2D eigenvalue weighted by atomic mass is 10.2. The van der Waals surface area contributed by atoms with Crippen LogP contribution >= 0.6 is 0 Å². The molecule has 0 saturated carbocycles. The van der Waals surface area contributed by atoms with Crippen LogP contribution in [-0.4, -0.2) is 48.5 Å². The molecule has 0 aliphatic rings. The predicted octanol–water partition coefficient (Wildman–Crippen LogP) is 1.20. The Bertz CT molecular complexity index is 876. The molecule has 0 spiro atoms. The molecule has 0 aliphatic heterocycles. The lowest BCUT2D eigenvalue weighted by Crippen LogP contribution is -2.30. The Morgan fingerprint density at radius 2 is 1.18 bits per heavy atom. The number of hydrogen-bond acceptors (Lipinski definition) is 8. The molecule has 146 valence electrons. The Morgan fingerprint density at radius 3 is 1.54 bits per heavy atom. The summed E-state index contributed by atoms with van der Waals surface area (Å²) < 4.78 is 10.0. The number of aromatic hydroxyl groups is 2. The molecular formula is C18H20N6O4. The van der Waals surface area contributed by atoms with Gasteiger partial charge in [0, 0.05) is 11.1 Å². The summed E-state index contributed by atoms with van der Waals surface area (Å²) in [7, 11) is 2.88. The summed E-state index contributed by atoms with van der Waals surface area (Å²) >= 11 is 0. The van der Waals surface area contributed by atoms with Crippen LogP contribution in [0.15, 0.2) is 56.8 Å². The Morgan fingerprint density at radius 1 is 0.786 bits per heavy atom. The van der Waals surface area contributed by atoms with E-state index in [0.717, 1.165) is 0 Å². The molecule has 0 amide bonds. The summed E-state index contributed by atoms with van der Waals surface area (Å²) in [4.78, 5) is 0. The Hall–Kier alpha value is -4.08. The summed E-state index contributed by atoms with van der Waals surface area (Å²) in [6, 6.07) is 9.82. The number of phenolic OH excluding ortho intramolecular Hbond substituents is 2. The molecule has 0 unspecified atom stereocenters. The van der Waals surface area contributed by atoms with Gasteiger partial charge in [-0.25, -0.2) is 0 Å². The molecule has 2 rings (SSSR count). The van der Waals surface area contributed by atoms with Gasteiger partial charge >= 0.3 is 0 Å². The summed E-state index contributed by atoms with van der Waals surface area (Å²) in [5, 5.41) is 34.8. The van der Waals surface area contributed by atoms with Crippen LogP contribution in [0, 0.1) is 0 Å². The van der Waals surface area contributed by atoms with Crippen molar-refractivity contribution in [1.29, 1.82) is 0 Å². The van der Waals surface area contributed by atoms with Gasteiger partial charge in [-0.1, -0.05) is 12.1 Å². The van der Waals surface area contributed by atoms with E-state index < -0.39 is 0 Å². The third-order valence-corrected chi connectivity index (χ3v) is 3.49. The van der Waals surface area contributed by atoms with Gasteiger partial charge in [0.05, 0.1) is 26.6 Å². The monoisotopic (exact) mass is 384 g/mol. The number of nitrogens with two attached hydrogens (primary N) is 2. The van der Waals surface area contributed by atoms with Gasteiger partial charge in [0.15, 0.2) is 34.7 Å². The predicted molar refractivity (Wildman–Crippen MR) is 108 cm³/mol. The molecule has 10 heteroatoms. The zero-order valence-electron chi connectivity index (χ0n) is 15.3. The highest BCUT2D eigenvalue weighted by molar-refractivity contribution is 6.39. The van der Waals surface area contributed by atoms with Gasteiger partial charge < -0.3 is 31.2 Å². The van der Waals surface area contributed by atoms with E-state index in [1.165, 1.54) is 26.6 Å². The van der Waals surface area contributed by atoms with Crippen molar-refractivity contribution >= 4 is 24.1 Å². The highest BCUT2D eigenvalue weighted by Gasteiger charge is 2.06. The molecule has 0 aliphatic carbocycles. The van der Waals surface area contributed by atoms with E-state index in [9.17, 15) is 10.2 Å². The number of phenols is 2. The Balaban J connectivity index is 2.10. The van der Waals surface area contributed by atoms with Crippen molar-refractivity contribution in [1.82, 2.24) is 0 Å². The zero-order chi connectivity index (χ0) is 20.5. The molecule has 0 bridgehead atoms. The second kappa shape index (κ2) is 9.57. The van der Waals surface area contributed by atoms with Crippen LogP contribution in [0.25, 0.3) is 0 Å². The van der Waals surface area contributed by atoms with Gasteiger partial charge in [0.25, 0.3) is 0 Å². The van der Waals surface area contributed by atoms with Gasteiger partial charge in [0.1, 0.15) is 0 Å². The first-order valence-electron chi connectivity index (χ1n) is 7.93. The standard InChI is InChI=1S/C18H20N6O4/c1-27-13-7-3-5-11(15(13)25)9-21-23-17(19)18(20)24-22-10-12-6-4-8-14(28-2)16(12)26/h3-10,25-26H,1-2H3,(H2,19,23)(H2,20,24). The lowest BCUT2D eigenvalue weighted by molar-refractivity contribution is 0.373. The van der Waals surface area contributed by atoms with Gasteiger partial charge in [-0.3, -0.25) is 0 Å². The minimum absolute atomic E-state index is 0.0770. The van der Waals surface area contributed by atoms with Crippen molar-refractivity contribution < 1.29 is 19.7 Å². The highest BCUT2D eigenvalue weighted by atomic mass is 16.5. The van der Waals surface area contributed by atoms with E-state index in [-0.39, 0.29) is 23.2 Å². The fourth-order valence-electron chi connectivity index (χ4n) is 2.03. The van der Waals surface area contributed by atoms with Gasteiger partial charge in [-0.2, -0.15) is 10.2 Å². The van der Waals surface area contributed by atoms with Gasteiger partial charge in [0.2, 0.25) is 0 Å². The third kappa shape index (κ3) is 4.97. The SMILES string of the molecule is COc1cccc(C=NN=C(N)C(N)=NN=Cc2cccc(OC)c2O)c1O. The first kappa shape index (κ1) is 20.2. The second-order valence-electron chi connectivity index (χ2n) is 5.26. The molecule has 0 fully saturated rings. The van der Waals surface area contributed by atoms with Crippen molar-refractivity contribution in [2.24, 2.45) is 31.9 Å². The number of ether oxygens (including phenoxy) is 2. The van der Waals surface area contributed by atoms with Gasteiger partial charge in [-0.05, 0) is 24.3 Å². The fourth-order valence-corrected chi connectivity index (χ4v) is 2.03. The number of hydrogen-bond donors (Lipinski definition) is 4. The van der Waals surface area contributed by atoms with Crippen LogP contribution in [0.5, 0.6) is 23.0 Å². The van der Waals surface area contributed by atoms with Crippen molar-refractivity contribution in [3.05, 3.63) is 47.5 Å². The minimum Gasteiger partial charge on any atom is -0.504 e. The number of benzene rings is 2.